The van der Waals surface area contributed by atoms with Crippen molar-refractivity contribution >= 4 is 23.1 Å². The van der Waals surface area contributed by atoms with Gasteiger partial charge in [-0.2, -0.15) is 0 Å². The first-order chi connectivity index (χ1) is 14.0. The second-order valence-electron chi connectivity index (χ2n) is 5.99. The van der Waals surface area contributed by atoms with Crippen LogP contribution in [0.4, 0.5) is 48.3 Å². The van der Waals surface area contributed by atoms with Crippen molar-refractivity contribution < 1.29 is 48.3 Å². The van der Waals surface area contributed by atoms with E-state index in [9.17, 15) is 48.3 Å². The van der Waals surface area contributed by atoms with Crippen LogP contribution in [0.25, 0.3) is 0 Å². The molecule has 0 aliphatic carbocycles. The lowest BCUT2D eigenvalue weighted by atomic mass is 9.36. The topological polar surface area (TPSA) is 0 Å². The first-order valence-electron chi connectivity index (χ1n) is 7.75. The van der Waals surface area contributed by atoms with Crippen molar-refractivity contribution in [1.29, 1.82) is 0 Å². The van der Waals surface area contributed by atoms with Gasteiger partial charge in [0.05, 0.1) is 0 Å². The molecule has 0 aromatic heterocycles. The molecular weight excluding hydrogens is 436 g/mol. The zero-order valence-electron chi connectivity index (χ0n) is 14.0. The highest BCUT2D eigenvalue weighted by molar-refractivity contribution is 6.95. The molecule has 0 saturated carbocycles. The Morgan fingerprint density at radius 2 is 0.733 bits per heavy atom. The largest absolute Gasteiger partial charge is 0.261 e. The minimum Gasteiger partial charge on any atom is -0.207 e. The maximum atomic E-state index is 14.3. The van der Waals surface area contributed by atoms with E-state index in [0.717, 1.165) is 0 Å². The molecule has 0 nitrogen and oxygen atoms in total. The van der Waals surface area contributed by atoms with Crippen LogP contribution in [0.15, 0.2) is 24.3 Å². The minimum absolute atomic E-state index is 0.00748. The summed E-state index contributed by atoms with van der Waals surface area (Å²) in [6.45, 7) is -3.06. The molecule has 0 unspecified atom stereocenters. The van der Waals surface area contributed by atoms with Crippen molar-refractivity contribution in [3.63, 3.8) is 0 Å². The van der Waals surface area contributed by atoms with Gasteiger partial charge >= 0.3 is 0 Å². The Bertz CT molecular complexity index is 1060. The molecule has 0 aliphatic heterocycles. The predicted octanol–water partition coefficient (Wildman–Crippen LogP) is 3.73. The van der Waals surface area contributed by atoms with Crippen molar-refractivity contribution in [2.45, 2.75) is 0 Å². The van der Waals surface area contributed by atoms with Crippen molar-refractivity contribution in [3.8, 4) is 0 Å². The molecule has 0 aliphatic rings. The summed E-state index contributed by atoms with van der Waals surface area (Å²) in [5, 5.41) is 0. The fourth-order valence-electron chi connectivity index (χ4n) is 2.93. The average molecular weight is 440 g/mol. The molecule has 0 atom stereocenters. The van der Waals surface area contributed by atoms with Gasteiger partial charge in [0, 0.05) is 29.1 Å². The van der Waals surface area contributed by atoms with Crippen LogP contribution in [-0.4, -0.2) is 6.71 Å². The van der Waals surface area contributed by atoms with Crippen molar-refractivity contribution in [2.75, 3.05) is 0 Å². The van der Waals surface area contributed by atoms with Crippen molar-refractivity contribution in [3.05, 3.63) is 88.3 Å². The van der Waals surface area contributed by atoms with Gasteiger partial charge in [-0.1, -0.05) is 0 Å². The zero-order chi connectivity index (χ0) is 22.5. The van der Waals surface area contributed by atoms with Crippen LogP contribution in [0, 0.1) is 64.0 Å². The number of hydrogen-bond acceptors (Lipinski definition) is 0. The second kappa shape index (κ2) is 7.65. The van der Waals surface area contributed by atoms with Gasteiger partial charge < -0.3 is 0 Å². The molecular formula is C18H4BF11. The minimum atomic E-state index is -3.06. The maximum Gasteiger partial charge on any atom is 0.261 e. The number of benzene rings is 3. The predicted molar refractivity (Wildman–Crippen MR) is 83.5 cm³/mol. The lowest BCUT2D eigenvalue weighted by molar-refractivity contribution is 0.459. The molecule has 3 rings (SSSR count). The molecule has 0 spiro atoms. The Morgan fingerprint density at radius 3 is 1.10 bits per heavy atom. The molecule has 0 heterocycles. The third-order valence-electron chi connectivity index (χ3n) is 4.20. The van der Waals surface area contributed by atoms with E-state index >= 15 is 0 Å². The Hall–Kier alpha value is -3.05. The first-order valence-corrected chi connectivity index (χ1v) is 7.75. The number of hydrogen-bond donors (Lipinski definition) is 0. The quantitative estimate of drug-likeness (QED) is 0.331. The fraction of sp³-hybridized carbons (Fsp3) is 0. The SMILES string of the molecule is Fc1cc(F)c(F)c(B(c2c(F)c(F)cc(F)c2F)c2c(F)c(F)cc(F)c2F)c1. The highest BCUT2D eigenvalue weighted by Gasteiger charge is 2.40. The van der Waals surface area contributed by atoms with Gasteiger partial charge in [-0.3, -0.25) is 0 Å². The highest BCUT2D eigenvalue weighted by atomic mass is 19.2. The van der Waals surface area contributed by atoms with Crippen molar-refractivity contribution in [2.24, 2.45) is 0 Å². The molecule has 0 bridgehead atoms. The van der Waals surface area contributed by atoms with Crippen LogP contribution in [0.3, 0.4) is 0 Å². The molecule has 30 heavy (non-hydrogen) atoms. The molecule has 0 saturated heterocycles. The van der Waals surface area contributed by atoms with Crippen LogP contribution in [-0.2, 0) is 0 Å². The molecule has 156 valence electrons. The van der Waals surface area contributed by atoms with Crippen LogP contribution >= 0.6 is 0 Å². The molecule has 3 aromatic rings. The molecule has 12 heteroatoms. The van der Waals surface area contributed by atoms with Crippen LogP contribution < -0.4 is 16.4 Å². The number of halogens is 11. The lowest BCUT2D eigenvalue weighted by Gasteiger charge is -2.20. The first kappa shape index (κ1) is 21.7. The molecule has 0 radical (unpaired) electrons. The van der Waals surface area contributed by atoms with E-state index in [1.165, 1.54) is 0 Å². The van der Waals surface area contributed by atoms with Gasteiger partial charge in [0.25, 0.3) is 6.71 Å². The van der Waals surface area contributed by atoms with E-state index in [-0.39, 0.29) is 24.3 Å². The van der Waals surface area contributed by atoms with E-state index in [4.69, 9.17) is 0 Å². The normalized spacial score (nSPS) is 11.2. The zero-order valence-corrected chi connectivity index (χ0v) is 14.0. The molecule has 0 fully saturated rings. The van der Waals surface area contributed by atoms with Gasteiger partial charge in [0.1, 0.15) is 5.82 Å². The lowest BCUT2D eigenvalue weighted by Crippen LogP contribution is -2.59. The van der Waals surface area contributed by atoms with Gasteiger partial charge in [0.2, 0.25) is 0 Å². The Labute approximate surface area is 160 Å². The van der Waals surface area contributed by atoms with Gasteiger partial charge in [-0.25, -0.2) is 48.3 Å². The summed E-state index contributed by atoms with van der Waals surface area (Å²) < 4.78 is 154. The highest BCUT2D eigenvalue weighted by Crippen LogP contribution is 2.18. The smallest absolute Gasteiger partial charge is 0.207 e. The standard InChI is InChI=1S/C18H4BF11/c20-5-1-6(14(26)7(21)2-5)19(12-15(27)8(22)3-9(23)16(12)28)13-17(29)10(24)4-11(25)18(13)30/h1-4H. The van der Waals surface area contributed by atoms with Crippen LogP contribution in [0.1, 0.15) is 0 Å². The van der Waals surface area contributed by atoms with Crippen LogP contribution in [0.5, 0.6) is 0 Å². The van der Waals surface area contributed by atoms with Gasteiger partial charge in [-0.05, 0) is 11.5 Å². The van der Waals surface area contributed by atoms with E-state index in [1.807, 2.05) is 0 Å². The Kier molecular flexibility index (Phi) is 5.53. The summed E-state index contributed by atoms with van der Waals surface area (Å²) >= 11 is 0. The van der Waals surface area contributed by atoms with Crippen LogP contribution in [0.2, 0.25) is 0 Å². The van der Waals surface area contributed by atoms with E-state index < -0.39 is 87.1 Å². The maximum absolute atomic E-state index is 14.3. The summed E-state index contributed by atoms with van der Waals surface area (Å²) in [6, 6.07) is -0.695. The number of rotatable bonds is 3. The molecule has 0 amide bonds. The second-order valence-corrected chi connectivity index (χ2v) is 5.99. The third kappa shape index (κ3) is 3.39. The summed E-state index contributed by atoms with van der Waals surface area (Å²) in [5.74, 6) is -23.7. The molecule has 3 aromatic carbocycles. The van der Waals surface area contributed by atoms with Gasteiger partial charge in [-0.15, -0.1) is 0 Å². The Morgan fingerprint density at radius 1 is 0.400 bits per heavy atom. The van der Waals surface area contributed by atoms with E-state index in [2.05, 4.69) is 0 Å². The van der Waals surface area contributed by atoms with Gasteiger partial charge in [0.15, 0.2) is 58.2 Å². The van der Waals surface area contributed by atoms with E-state index in [0.29, 0.717) is 0 Å². The summed E-state index contributed by atoms with van der Waals surface area (Å²) in [5.41, 5.74) is -5.53. The molecule has 0 N–H and O–H groups in total. The Balaban J connectivity index is 2.56. The third-order valence-corrected chi connectivity index (χ3v) is 4.20. The summed E-state index contributed by atoms with van der Waals surface area (Å²) in [6.07, 6.45) is 0. The summed E-state index contributed by atoms with van der Waals surface area (Å²) in [7, 11) is 0. The monoisotopic (exact) mass is 440 g/mol. The van der Waals surface area contributed by atoms with E-state index in [1.54, 1.807) is 0 Å². The summed E-state index contributed by atoms with van der Waals surface area (Å²) in [4.78, 5) is 0. The average Bonchev–Trinajstić information content (AvgIpc) is 2.66. The van der Waals surface area contributed by atoms with Crippen molar-refractivity contribution in [1.82, 2.24) is 0 Å². The fourth-order valence-corrected chi connectivity index (χ4v) is 2.93.